The molecule has 1 N–H and O–H groups in total. The third-order valence-corrected chi connectivity index (χ3v) is 6.48. The van der Waals surface area contributed by atoms with Crippen molar-refractivity contribution in [1.82, 2.24) is 4.90 Å². The van der Waals surface area contributed by atoms with Crippen molar-refractivity contribution in [3.05, 3.63) is 24.3 Å². The van der Waals surface area contributed by atoms with Crippen molar-refractivity contribution in [2.45, 2.75) is 40.3 Å². The predicted molar refractivity (Wildman–Crippen MR) is 102 cm³/mol. The summed E-state index contributed by atoms with van der Waals surface area (Å²) in [4.78, 5) is 29.6. The van der Waals surface area contributed by atoms with Gasteiger partial charge >= 0.3 is 17.4 Å². The number of nitrogens with zero attached hydrogens (tertiary/aromatic N) is 2. The van der Waals surface area contributed by atoms with E-state index in [2.05, 4.69) is 10.3 Å². The number of halogens is 7. The number of fused-ring (bicyclic) bond motifs is 1. The summed E-state index contributed by atoms with van der Waals surface area (Å²) in [5.41, 5.74) is -0.0911. The van der Waals surface area contributed by atoms with Crippen LogP contribution >= 0.6 is 23.5 Å². The Hall–Kier alpha value is -1.96. The summed E-state index contributed by atoms with van der Waals surface area (Å²) in [6.45, 7) is 1.08. The molecule has 31 heavy (non-hydrogen) atoms. The number of alkyl halides is 7. The van der Waals surface area contributed by atoms with Crippen LogP contribution in [0.3, 0.4) is 0 Å². The number of aliphatic imine (C=N–C) groups is 1. The van der Waals surface area contributed by atoms with Crippen LogP contribution < -0.4 is 5.32 Å². The molecule has 1 aromatic carbocycles. The van der Waals surface area contributed by atoms with Gasteiger partial charge in [0.1, 0.15) is 5.25 Å². The Morgan fingerprint density at radius 3 is 2.58 bits per heavy atom. The van der Waals surface area contributed by atoms with Crippen molar-refractivity contribution in [3.63, 3.8) is 0 Å². The molecule has 1 fully saturated rings. The Labute approximate surface area is 179 Å². The minimum absolute atomic E-state index is 0.0911. The number of anilines is 1. The minimum Gasteiger partial charge on any atom is -0.326 e. The van der Waals surface area contributed by atoms with E-state index < -0.39 is 45.2 Å². The molecular formula is C17H14F7N3O2S2. The number of benzene rings is 1. The number of thioether (sulfide) groups is 2. The largest absolute Gasteiger partial charge is 0.460 e. The Balaban J connectivity index is 1.64. The molecule has 1 unspecified atom stereocenters. The fourth-order valence-corrected chi connectivity index (χ4v) is 4.83. The average molecular weight is 489 g/mol. The normalized spacial score (nSPS) is 19.8. The second-order valence-corrected chi connectivity index (χ2v) is 8.94. The highest BCUT2D eigenvalue weighted by atomic mass is 32.2. The van der Waals surface area contributed by atoms with Crippen LogP contribution in [0.25, 0.3) is 0 Å². The molecule has 0 saturated carbocycles. The lowest BCUT2D eigenvalue weighted by molar-refractivity contribution is -0.330. The number of carbonyl (C=O) groups is 2. The zero-order valence-electron chi connectivity index (χ0n) is 15.4. The van der Waals surface area contributed by atoms with Gasteiger partial charge in [0, 0.05) is 30.1 Å². The molecule has 14 heteroatoms. The van der Waals surface area contributed by atoms with Gasteiger partial charge in [-0.05, 0) is 36.4 Å². The zero-order valence-corrected chi connectivity index (χ0v) is 17.0. The van der Waals surface area contributed by atoms with Crippen LogP contribution in [0, 0.1) is 0 Å². The van der Waals surface area contributed by atoms with Crippen molar-refractivity contribution in [1.29, 1.82) is 0 Å². The zero-order chi connectivity index (χ0) is 23.0. The van der Waals surface area contributed by atoms with Crippen molar-refractivity contribution >= 4 is 46.2 Å². The molecule has 0 spiro atoms. The van der Waals surface area contributed by atoms with Gasteiger partial charge in [-0.1, -0.05) is 17.8 Å². The summed E-state index contributed by atoms with van der Waals surface area (Å²) in [5.74, 6) is -7.18. The molecule has 0 radical (unpaired) electrons. The molecule has 2 aliphatic heterocycles. The Kier molecular flexibility index (Phi) is 6.52. The summed E-state index contributed by atoms with van der Waals surface area (Å²) < 4.78 is 90.2. The van der Waals surface area contributed by atoms with Crippen LogP contribution in [0.15, 0.2) is 34.2 Å². The third-order valence-electron chi connectivity index (χ3n) is 4.26. The summed E-state index contributed by atoms with van der Waals surface area (Å²) in [5, 5.41) is -3.32. The summed E-state index contributed by atoms with van der Waals surface area (Å²) in [7, 11) is 0. The van der Waals surface area contributed by atoms with Crippen LogP contribution in [0.2, 0.25) is 0 Å². The third kappa shape index (κ3) is 4.94. The monoisotopic (exact) mass is 489 g/mol. The highest BCUT2D eigenvalue weighted by Crippen LogP contribution is 2.53. The van der Waals surface area contributed by atoms with Crippen LogP contribution in [0.4, 0.5) is 36.4 Å². The van der Waals surface area contributed by atoms with Gasteiger partial charge in [-0.15, -0.1) is 0 Å². The topological polar surface area (TPSA) is 61.8 Å². The molecule has 2 amide bonds. The summed E-state index contributed by atoms with van der Waals surface area (Å²) in [6, 6.07) is 4.12. The van der Waals surface area contributed by atoms with E-state index in [1.54, 1.807) is 0 Å². The molecule has 0 aliphatic carbocycles. The molecule has 2 aliphatic rings. The van der Waals surface area contributed by atoms with Gasteiger partial charge in [-0.25, -0.2) is 0 Å². The number of carbonyl (C=O) groups excluding carboxylic acids is 2. The van der Waals surface area contributed by atoms with Crippen molar-refractivity contribution in [2.75, 3.05) is 18.4 Å². The van der Waals surface area contributed by atoms with Crippen LogP contribution in [-0.4, -0.2) is 57.6 Å². The van der Waals surface area contributed by atoms with E-state index in [0.717, 1.165) is 30.0 Å². The smallest absolute Gasteiger partial charge is 0.326 e. The SMILES string of the molecule is O=C(CC1SC2=NCCCN2C1=O)Nc1cccc(SC(F)(F)C(F)(F)C(F)(F)F)c1. The van der Waals surface area contributed by atoms with Gasteiger partial charge in [0.05, 0.1) is 0 Å². The molecule has 3 rings (SSSR count). The maximum absolute atomic E-state index is 13.6. The highest BCUT2D eigenvalue weighted by Gasteiger charge is 2.73. The number of hydrogen-bond donors (Lipinski definition) is 1. The van der Waals surface area contributed by atoms with E-state index in [-0.39, 0.29) is 18.0 Å². The Morgan fingerprint density at radius 2 is 1.94 bits per heavy atom. The lowest BCUT2D eigenvalue weighted by atomic mass is 10.2. The van der Waals surface area contributed by atoms with E-state index in [1.165, 1.54) is 11.0 Å². The Morgan fingerprint density at radius 1 is 1.23 bits per heavy atom. The van der Waals surface area contributed by atoms with E-state index in [0.29, 0.717) is 24.7 Å². The lowest BCUT2D eigenvalue weighted by Crippen LogP contribution is -2.49. The van der Waals surface area contributed by atoms with E-state index in [4.69, 9.17) is 0 Å². The standard InChI is InChI=1S/C17H14F7N3O2S2/c18-15(19,16(20,21)22)17(23,24)31-10-4-1-3-9(7-10)26-12(28)8-11-13(29)27-6-2-5-25-14(27)30-11/h1,3-4,7,11H,2,5-6,8H2,(H,26,28). The fraction of sp³-hybridized carbons (Fsp3) is 0.471. The molecule has 5 nitrogen and oxygen atoms in total. The van der Waals surface area contributed by atoms with Crippen LogP contribution in [0.5, 0.6) is 0 Å². The fourth-order valence-electron chi connectivity index (χ4n) is 2.77. The number of amidine groups is 1. The van der Waals surface area contributed by atoms with Gasteiger partial charge in [0.2, 0.25) is 11.8 Å². The highest BCUT2D eigenvalue weighted by molar-refractivity contribution is 8.15. The number of amides is 2. The molecule has 1 aromatic rings. The first-order valence-electron chi connectivity index (χ1n) is 8.75. The van der Waals surface area contributed by atoms with E-state index >= 15 is 0 Å². The molecule has 170 valence electrons. The predicted octanol–water partition coefficient (Wildman–Crippen LogP) is 4.60. The number of hydrogen-bond acceptors (Lipinski definition) is 5. The molecule has 0 aromatic heterocycles. The summed E-state index contributed by atoms with van der Waals surface area (Å²) >= 11 is 0.162. The van der Waals surface area contributed by atoms with Gasteiger partial charge < -0.3 is 5.32 Å². The lowest BCUT2D eigenvalue weighted by Gasteiger charge is -2.27. The minimum atomic E-state index is -6.43. The van der Waals surface area contributed by atoms with Crippen LogP contribution in [0.1, 0.15) is 12.8 Å². The van der Waals surface area contributed by atoms with E-state index in [1.807, 2.05) is 0 Å². The molecule has 1 saturated heterocycles. The Bertz CT molecular complexity index is 908. The van der Waals surface area contributed by atoms with Gasteiger partial charge in [-0.2, -0.15) is 30.7 Å². The maximum Gasteiger partial charge on any atom is 0.460 e. The molecular weight excluding hydrogens is 475 g/mol. The van der Waals surface area contributed by atoms with E-state index in [9.17, 15) is 40.3 Å². The van der Waals surface area contributed by atoms with Crippen LogP contribution in [-0.2, 0) is 9.59 Å². The van der Waals surface area contributed by atoms with Gasteiger partial charge in [-0.3, -0.25) is 19.5 Å². The number of rotatable bonds is 6. The number of nitrogens with one attached hydrogen (secondary N) is 1. The van der Waals surface area contributed by atoms with Crippen molar-refractivity contribution in [3.8, 4) is 0 Å². The first kappa shape index (κ1) is 23.7. The summed E-state index contributed by atoms with van der Waals surface area (Å²) in [6.07, 6.45) is -5.98. The van der Waals surface area contributed by atoms with Gasteiger partial charge in [0.15, 0.2) is 5.17 Å². The maximum atomic E-state index is 13.6. The van der Waals surface area contributed by atoms with Crippen molar-refractivity contribution < 1.29 is 40.3 Å². The second-order valence-electron chi connectivity index (χ2n) is 6.59. The van der Waals surface area contributed by atoms with Crippen molar-refractivity contribution in [2.24, 2.45) is 4.99 Å². The first-order chi connectivity index (χ1) is 14.3. The quantitative estimate of drug-likeness (QED) is 0.469. The molecule has 1 atom stereocenters. The average Bonchev–Trinajstić information content (AvgIpc) is 2.96. The molecule has 0 bridgehead atoms. The molecule has 2 heterocycles. The van der Waals surface area contributed by atoms with Gasteiger partial charge in [0.25, 0.3) is 0 Å². The second kappa shape index (κ2) is 8.52. The first-order valence-corrected chi connectivity index (χ1v) is 10.5.